The number of rotatable bonds is 3. The van der Waals surface area contributed by atoms with Gasteiger partial charge in [-0.15, -0.1) is 0 Å². The van der Waals surface area contributed by atoms with Crippen molar-refractivity contribution in [1.29, 1.82) is 0 Å². The van der Waals surface area contributed by atoms with Crippen LogP contribution in [0, 0.1) is 10.1 Å². The Bertz CT molecular complexity index is 756. The molecule has 6 nitrogen and oxygen atoms in total. The molecular formula is C17H16N2O4. The summed E-state index contributed by atoms with van der Waals surface area (Å²) < 4.78 is 5.09. The fourth-order valence-electron chi connectivity index (χ4n) is 2.78. The molecule has 6 heteroatoms. The summed E-state index contributed by atoms with van der Waals surface area (Å²) in [6.45, 7) is 0.555. The number of anilines is 1. The molecule has 0 saturated heterocycles. The average molecular weight is 312 g/mol. The lowest BCUT2D eigenvalue weighted by Crippen LogP contribution is -2.35. The van der Waals surface area contributed by atoms with Gasteiger partial charge in [0.1, 0.15) is 5.75 Å². The zero-order valence-corrected chi connectivity index (χ0v) is 12.7. The van der Waals surface area contributed by atoms with Crippen LogP contribution in [0.2, 0.25) is 0 Å². The summed E-state index contributed by atoms with van der Waals surface area (Å²) >= 11 is 0. The van der Waals surface area contributed by atoms with Crippen LogP contribution in [0.5, 0.6) is 5.75 Å². The molecular weight excluding hydrogens is 296 g/mol. The Labute approximate surface area is 133 Å². The van der Waals surface area contributed by atoms with Gasteiger partial charge >= 0.3 is 0 Å². The predicted octanol–water partition coefficient (Wildman–Crippen LogP) is 3.20. The standard InChI is InChI=1S/C17H16N2O4/c1-23-15-8-5-13(6-9-15)17(20)18-10-2-3-12-4-7-14(19(21)22)11-16(12)18/h4-9,11H,2-3,10H2,1H3. The number of aryl methyl sites for hydroxylation is 1. The van der Waals surface area contributed by atoms with E-state index in [0.29, 0.717) is 23.5 Å². The largest absolute Gasteiger partial charge is 0.497 e. The van der Waals surface area contributed by atoms with E-state index in [2.05, 4.69) is 0 Å². The second-order valence-electron chi connectivity index (χ2n) is 5.36. The molecule has 0 atom stereocenters. The highest BCUT2D eigenvalue weighted by molar-refractivity contribution is 6.07. The molecule has 0 fully saturated rings. The molecule has 0 aromatic heterocycles. The highest BCUT2D eigenvalue weighted by Crippen LogP contribution is 2.32. The van der Waals surface area contributed by atoms with Gasteiger partial charge in [0.25, 0.3) is 11.6 Å². The lowest BCUT2D eigenvalue weighted by Gasteiger charge is -2.29. The molecule has 23 heavy (non-hydrogen) atoms. The molecule has 2 aromatic carbocycles. The predicted molar refractivity (Wildman–Crippen MR) is 86.1 cm³/mol. The van der Waals surface area contributed by atoms with Crippen molar-refractivity contribution in [3.63, 3.8) is 0 Å². The number of carbonyl (C=O) groups excluding carboxylic acids is 1. The number of carbonyl (C=O) groups is 1. The Balaban J connectivity index is 1.96. The van der Waals surface area contributed by atoms with Gasteiger partial charge in [-0.25, -0.2) is 0 Å². The van der Waals surface area contributed by atoms with E-state index in [1.54, 1.807) is 42.3 Å². The Morgan fingerprint density at radius 1 is 1.22 bits per heavy atom. The molecule has 3 rings (SSSR count). The summed E-state index contributed by atoms with van der Waals surface area (Å²) in [6.07, 6.45) is 1.66. The van der Waals surface area contributed by atoms with Crippen molar-refractivity contribution in [3.8, 4) is 5.75 Å². The number of benzene rings is 2. The third-order valence-electron chi connectivity index (χ3n) is 3.98. The number of nitrogens with zero attached hydrogens (tertiary/aromatic N) is 2. The van der Waals surface area contributed by atoms with Crippen LogP contribution in [0.3, 0.4) is 0 Å². The maximum atomic E-state index is 12.8. The van der Waals surface area contributed by atoms with Gasteiger partial charge in [-0.3, -0.25) is 14.9 Å². The summed E-state index contributed by atoms with van der Waals surface area (Å²) in [4.78, 5) is 24.9. The number of ether oxygens (including phenoxy) is 1. The van der Waals surface area contributed by atoms with E-state index in [1.807, 2.05) is 0 Å². The third kappa shape index (κ3) is 2.88. The molecule has 0 N–H and O–H groups in total. The van der Waals surface area contributed by atoms with Gasteiger partial charge in [0.15, 0.2) is 0 Å². The van der Waals surface area contributed by atoms with Crippen molar-refractivity contribution in [2.24, 2.45) is 0 Å². The van der Waals surface area contributed by atoms with E-state index >= 15 is 0 Å². The molecule has 118 valence electrons. The molecule has 0 radical (unpaired) electrons. The van der Waals surface area contributed by atoms with Crippen LogP contribution < -0.4 is 9.64 Å². The minimum Gasteiger partial charge on any atom is -0.497 e. The first-order valence-electron chi connectivity index (χ1n) is 7.33. The number of nitro groups is 1. The fraction of sp³-hybridized carbons (Fsp3) is 0.235. The SMILES string of the molecule is COc1ccc(C(=O)N2CCCc3ccc([N+](=O)[O-])cc32)cc1. The quantitative estimate of drug-likeness (QED) is 0.644. The van der Waals surface area contributed by atoms with Gasteiger partial charge in [-0.2, -0.15) is 0 Å². The number of fused-ring (bicyclic) bond motifs is 1. The summed E-state index contributed by atoms with van der Waals surface area (Å²) in [5.41, 5.74) is 2.12. The maximum absolute atomic E-state index is 12.8. The molecule has 1 aliphatic heterocycles. The van der Waals surface area contributed by atoms with E-state index in [1.165, 1.54) is 12.1 Å². The molecule has 0 spiro atoms. The third-order valence-corrected chi connectivity index (χ3v) is 3.98. The number of methoxy groups -OCH3 is 1. The van der Waals surface area contributed by atoms with Crippen LogP contribution in [0.15, 0.2) is 42.5 Å². The van der Waals surface area contributed by atoms with Crippen LogP contribution in [-0.4, -0.2) is 24.5 Å². The first-order valence-corrected chi connectivity index (χ1v) is 7.33. The monoisotopic (exact) mass is 312 g/mol. The smallest absolute Gasteiger partial charge is 0.271 e. The van der Waals surface area contributed by atoms with Crippen molar-refractivity contribution in [2.45, 2.75) is 12.8 Å². The zero-order valence-electron chi connectivity index (χ0n) is 12.7. The van der Waals surface area contributed by atoms with Gasteiger partial charge in [-0.05, 0) is 42.7 Å². The summed E-state index contributed by atoms with van der Waals surface area (Å²) in [7, 11) is 1.57. The van der Waals surface area contributed by atoms with Crippen molar-refractivity contribution in [2.75, 3.05) is 18.6 Å². The van der Waals surface area contributed by atoms with Gasteiger partial charge < -0.3 is 9.64 Å². The fourth-order valence-corrected chi connectivity index (χ4v) is 2.78. The molecule has 0 unspecified atom stereocenters. The Kier molecular flexibility index (Phi) is 3.97. The van der Waals surface area contributed by atoms with E-state index < -0.39 is 4.92 Å². The summed E-state index contributed by atoms with van der Waals surface area (Å²) in [6, 6.07) is 11.6. The maximum Gasteiger partial charge on any atom is 0.271 e. The van der Waals surface area contributed by atoms with Crippen molar-refractivity contribution >= 4 is 17.3 Å². The summed E-state index contributed by atoms with van der Waals surface area (Å²) in [5.74, 6) is 0.519. The molecule has 0 aliphatic carbocycles. The molecule has 0 saturated carbocycles. The number of hydrogen-bond acceptors (Lipinski definition) is 4. The average Bonchev–Trinajstić information content (AvgIpc) is 2.60. The Hall–Kier alpha value is -2.89. The first-order chi connectivity index (χ1) is 11.1. The van der Waals surface area contributed by atoms with E-state index in [0.717, 1.165) is 18.4 Å². The summed E-state index contributed by atoms with van der Waals surface area (Å²) in [5, 5.41) is 11.0. The van der Waals surface area contributed by atoms with Crippen LogP contribution in [0.1, 0.15) is 22.3 Å². The lowest BCUT2D eigenvalue weighted by atomic mass is 10.00. The number of hydrogen-bond donors (Lipinski definition) is 0. The van der Waals surface area contributed by atoms with Gasteiger partial charge in [0.05, 0.1) is 17.7 Å². The Morgan fingerprint density at radius 3 is 2.61 bits per heavy atom. The molecule has 0 bridgehead atoms. The van der Waals surface area contributed by atoms with Crippen LogP contribution in [0.4, 0.5) is 11.4 Å². The molecule has 2 aromatic rings. The van der Waals surface area contributed by atoms with Crippen molar-refractivity contribution in [3.05, 3.63) is 63.7 Å². The van der Waals surface area contributed by atoms with Crippen LogP contribution in [-0.2, 0) is 6.42 Å². The Morgan fingerprint density at radius 2 is 1.96 bits per heavy atom. The van der Waals surface area contributed by atoms with E-state index in [4.69, 9.17) is 4.74 Å². The normalized spacial score (nSPS) is 13.3. The van der Waals surface area contributed by atoms with E-state index in [-0.39, 0.29) is 11.6 Å². The lowest BCUT2D eigenvalue weighted by molar-refractivity contribution is -0.384. The number of amides is 1. The molecule has 1 aliphatic rings. The van der Waals surface area contributed by atoms with Gasteiger partial charge in [0, 0.05) is 24.2 Å². The number of non-ortho nitro benzene ring substituents is 1. The van der Waals surface area contributed by atoms with Crippen molar-refractivity contribution in [1.82, 2.24) is 0 Å². The van der Waals surface area contributed by atoms with Gasteiger partial charge in [-0.1, -0.05) is 6.07 Å². The topological polar surface area (TPSA) is 72.7 Å². The second-order valence-corrected chi connectivity index (χ2v) is 5.36. The zero-order chi connectivity index (χ0) is 16.4. The van der Waals surface area contributed by atoms with Crippen LogP contribution in [0.25, 0.3) is 0 Å². The second kappa shape index (κ2) is 6.08. The van der Waals surface area contributed by atoms with E-state index in [9.17, 15) is 14.9 Å². The van der Waals surface area contributed by atoms with Crippen molar-refractivity contribution < 1.29 is 14.5 Å². The van der Waals surface area contributed by atoms with Crippen LogP contribution >= 0.6 is 0 Å². The molecule has 1 amide bonds. The minimum atomic E-state index is -0.440. The number of nitro benzene ring substituents is 1. The minimum absolute atomic E-state index is 0.00168. The highest BCUT2D eigenvalue weighted by Gasteiger charge is 2.25. The first kappa shape index (κ1) is 15.0. The highest BCUT2D eigenvalue weighted by atomic mass is 16.6. The van der Waals surface area contributed by atoms with Gasteiger partial charge in [0.2, 0.25) is 0 Å². The molecule has 1 heterocycles.